The number of carbonyl (C=O) groups is 3. The summed E-state index contributed by atoms with van der Waals surface area (Å²) in [6, 6.07) is 0.429. The molecule has 3 atom stereocenters. The summed E-state index contributed by atoms with van der Waals surface area (Å²) in [5, 5.41) is 9.39. The van der Waals surface area contributed by atoms with Crippen molar-refractivity contribution >= 4 is 29.7 Å². The molecule has 3 N–H and O–H groups in total. The third-order valence-electron chi connectivity index (χ3n) is 7.88. The Bertz CT molecular complexity index is 733. The van der Waals surface area contributed by atoms with Gasteiger partial charge in [0.1, 0.15) is 0 Å². The quantitative estimate of drug-likeness (QED) is 0.0460. The summed E-state index contributed by atoms with van der Waals surface area (Å²) in [6.07, 6.45) is 26.6. The van der Waals surface area contributed by atoms with Crippen molar-refractivity contribution in [2.45, 2.75) is 153 Å². The van der Waals surface area contributed by atoms with Crippen molar-refractivity contribution in [3.63, 3.8) is 0 Å². The van der Waals surface area contributed by atoms with Gasteiger partial charge in [-0.15, -0.1) is 0 Å². The van der Waals surface area contributed by atoms with Crippen molar-refractivity contribution < 1.29 is 19.1 Å². The van der Waals surface area contributed by atoms with Crippen LogP contribution in [0.4, 0.5) is 4.79 Å². The molecule has 2 aliphatic heterocycles. The molecule has 2 rings (SSSR count). The van der Waals surface area contributed by atoms with Crippen LogP contribution in [0, 0.1) is 0 Å². The lowest BCUT2D eigenvalue weighted by molar-refractivity contribution is -0.144. The highest BCUT2D eigenvalue weighted by Gasteiger charge is 2.42. The van der Waals surface area contributed by atoms with Gasteiger partial charge >= 0.3 is 12.0 Å². The number of hydrogen-bond donors (Lipinski definition) is 3. The molecule has 40 heavy (non-hydrogen) atoms. The highest BCUT2D eigenvalue weighted by molar-refractivity contribution is 8.00. The molecule has 0 aromatic rings. The molecule has 2 fully saturated rings. The van der Waals surface area contributed by atoms with Crippen LogP contribution in [0.2, 0.25) is 0 Å². The summed E-state index contributed by atoms with van der Waals surface area (Å²) < 4.78 is 5.34. The standard InChI is InChI=1S/C32H57N3O4S/c1-2-3-4-5-6-7-8-9-10-11-12-13-14-15-16-22-29(36)33-24-19-20-25-39-30(37)23-18-17-21-28-31-27(26-40-28)34-32(38)35-31/h9-10,27-28,31H,2-8,11-26H2,1H3,(H,33,36)(H2,34,35,38)/b10-9-/t27-,28-,31-/m0/s1. The Balaban J connectivity index is 1.28. The number of nitrogens with one attached hydrogen (secondary N) is 3. The molecule has 2 saturated heterocycles. The van der Waals surface area contributed by atoms with Crippen LogP contribution in [0.1, 0.15) is 135 Å². The van der Waals surface area contributed by atoms with Gasteiger partial charge in [0.2, 0.25) is 5.91 Å². The predicted molar refractivity (Wildman–Crippen MR) is 167 cm³/mol. The zero-order valence-corrected chi connectivity index (χ0v) is 26.0. The van der Waals surface area contributed by atoms with Crippen molar-refractivity contribution in [1.29, 1.82) is 0 Å². The topological polar surface area (TPSA) is 96.5 Å². The van der Waals surface area contributed by atoms with Crippen molar-refractivity contribution in [3.05, 3.63) is 12.2 Å². The fraction of sp³-hybridized carbons (Fsp3) is 0.844. The van der Waals surface area contributed by atoms with Gasteiger partial charge in [0, 0.05) is 30.4 Å². The minimum atomic E-state index is -0.138. The van der Waals surface area contributed by atoms with Crippen LogP contribution in [0.5, 0.6) is 0 Å². The van der Waals surface area contributed by atoms with E-state index < -0.39 is 0 Å². The average molecular weight is 580 g/mol. The van der Waals surface area contributed by atoms with Crippen molar-refractivity contribution in [1.82, 2.24) is 16.0 Å². The Labute approximate surface area is 248 Å². The molecule has 0 aromatic carbocycles. The Morgan fingerprint density at radius 1 is 0.850 bits per heavy atom. The Morgan fingerprint density at radius 3 is 2.27 bits per heavy atom. The monoisotopic (exact) mass is 579 g/mol. The first kappa shape index (κ1) is 34.5. The van der Waals surface area contributed by atoms with Crippen molar-refractivity contribution in [3.8, 4) is 0 Å². The highest BCUT2D eigenvalue weighted by Crippen LogP contribution is 2.33. The third kappa shape index (κ3) is 16.5. The zero-order chi connectivity index (χ0) is 28.7. The minimum Gasteiger partial charge on any atom is -0.466 e. The van der Waals surface area contributed by atoms with Gasteiger partial charge in [-0.3, -0.25) is 9.59 Å². The average Bonchev–Trinajstić information content (AvgIpc) is 3.49. The molecular formula is C32H57N3O4S. The van der Waals surface area contributed by atoms with Crippen LogP contribution in [0.15, 0.2) is 12.2 Å². The number of amides is 3. The summed E-state index contributed by atoms with van der Waals surface area (Å²) >= 11 is 1.91. The first-order chi connectivity index (χ1) is 19.6. The summed E-state index contributed by atoms with van der Waals surface area (Å²) in [4.78, 5) is 35.4. The largest absolute Gasteiger partial charge is 0.466 e. The van der Waals surface area contributed by atoms with E-state index in [2.05, 4.69) is 35.0 Å². The number of urea groups is 1. The molecule has 8 heteroatoms. The molecule has 230 valence electrons. The maximum atomic E-state index is 12.0. The van der Waals surface area contributed by atoms with Gasteiger partial charge in [0.25, 0.3) is 0 Å². The van der Waals surface area contributed by atoms with Gasteiger partial charge < -0.3 is 20.7 Å². The number of hydrogen-bond acceptors (Lipinski definition) is 5. The molecule has 0 unspecified atom stereocenters. The number of esters is 1. The number of ether oxygens (including phenoxy) is 1. The van der Waals surface area contributed by atoms with Crippen LogP contribution in [-0.4, -0.2) is 54.1 Å². The third-order valence-corrected chi connectivity index (χ3v) is 9.39. The lowest BCUT2D eigenvalue weighted by Gasteiger charge is -2.16. The summed E-state index contributed by atoms with van der Waals surface area (Å²) in [7, 11) is 0. The second-order valence-electron chi connectivity index (χ2n) is 11.5. The smallest absolute Gasteiger partial charge is 0.315 e. The zero-order valence-electron chi connectivity index (χ0n) is 25.2. The lowest BCUT2D eigenvalue weighted by Crippen LogP contribution is -2.36. The van der Waals surface area contributed by atoms with Gasteiger partial charge in [-0.25, -0.2) is 4.79 Å². The van der Waals surface area contributed by atoms with E-state index in [1.54, 1.807) is 0 Å². The molecule has 7 nitrogen and oxygen atoms in total. The highest BCUT2D eigenvalue weighted by atomic mass is 32.2. The molecule has 2 heterocycles. The number of carbonyl (C=O) groups excluding carboxylic acids is 3. The van der Waals surface area contributed by atoms with E-state index >= 15 is 0 Å². The molecule has 0 radical (unpaired) electrons. The van der Waals surface area contributed by atoms with E-state index in [1.165, 1.54) is 70.6 Å². The van der Waals surface area contributed by atoms with Gasteiger partial charge in [-0.2, -0.15) is 11.8 Å². The Kier molecular flexibility index (Phi) is 19.8. The fourth-order valence-corrected chi connectivity index (χ4v) is 6.96. The first-order valence-corrected chi connectivity index (χ1v) is 17.4. The SMILES string of the molecule is CCCCCCCC/C=C\CCCCCCCC(=O)NCCCCOC(=O)CCCC[C@@H]1SC[C@@H]2NC(=O)N[C@@H]21. The molecule has 0 aromatic heterocycles. The first-order valence-electron chi connectivity index (χ1n) is 16.4. The molecule has 0 aliphatic carbocycles. The lowest BCUT2D eigenvalue weighted by atomic mass is 10.0. The van der Waals surface area contributed by atoms with Crippen molar-refractivity contribution in [2.24, 2.45) is 0 Å². The van der Waals surface area contributed by atoms with Gasteiger partial charge in [0.05, 0.1) is 18.7 Å². The van der Waals surface area contributed by atoms with Crippen LogP contribution in [-0.2, 0) is 14.3 Å². The van der Waals surface area contributed by atoms with E-state index in [0.717, 1.165) is 50.7 Å². The predicted octanol–water partition coefficient (Wildman–Crippen LogP) is 7.19. The van der Waals surface area contributed by atoms with Crippen LogP contribution in [0.3, 0.4) is 0 Å². The normalized spacial score (nSPS) is 19.9. The minimum absolute atomic E-state index is 0.0538. The van der Waals surface area contributed by atoms with Gasteiger partial charge in [-0.05, 0) is 57.8 Å². The number of allylic oxidation sites excluding steroid dienone is 2. The van der Waals surface area contributed by atoms with E-state index in [-0.39, 0.29) is 30.0 Å². The van der Waals surface area contributed by atoms with Gasteiger partial charge in [-0.1, -0.05) is 76.9 Å². The van der Waals surface area contributed by atoms with Crippen molar-refractivity contribution in [2.75, 3.05) is 18.9 Å². The second kappa shape index (κ2) is 22.9. The van der Waals surface area contributed by atoms with Crippen LogP contribution < -0.4 is 16.0 Å². The number of thioether (sulfide) groups is 1. The Morgan fingerprint density at radius 2 is 1.52 bits per heavy atom. The molecule has 0 bridgehead atoms. The molecular weight excluding hydrogens is 522 g/mol. The molecule has 0 spiro atoms. The molecule has 0 saturated carbocycles. The van der Waals surface area contributed by atoms with Crippen LogP contribution >= 0.6 is 11.8 Å². The summed E-state index contributed by atoms with van der Waals surface area (Å²) in [5.74, 6) is 0.962. The molecule has 3 amide bonds. The summed E-state index contributed by atoms with van der Waals surface area (Å²) in [6.45, 7) is 3.33. The maximum Gasteiger partial charge on any atom is 0.315 e. The van der Waals surface area contributed by atoms with Crippen LogP contribution in [0.25, 0.3) is 0 Å². The maximum absolute atomic E-state index is 12.0. The number of fused-ring (bicyclic) bond motifs is 1. The Hall–Kier alpha value is -1.70. The molecule has 2 aliphatic rings. The summed E-state index contributed by atoms with van der Waals surface area (Å²) in [5.41, 5.74) is 0. The van der Waals surface area contributed by atoms with Gasteiger partial charge in [0.15, 0.2) is 0 Å². The fourth-order valence-electron chi connectivity index (χ4n) is 5.42. The van der Waals surface area contributed by atoms with E-state index in [1.807, 2.05) is 11.8 Å². The van der Waals surface area contributed by atoms with E-state index in [4.69, 9.17) is 4.74 Å². The van der Waals surface area contributed by atoms with E-state index in [0.29, 0.717) is 31.2 Å². The number of unbranched alkanes of at least 4 members (excludes halogenated alkanes) is 13. The second-order valence-corrected chi connectivity index (χ2v) is 12.8. The van der Waals surface area contributed by atoms with E-state index in [9.17, 15) is 14.4 Å². The number of rotatable bonds is 25.